The zero-order chi connectivity index (χ0) is 13.5. The number of anilines is 1. The lowest BCUT2D eigenvalue weighted by Gasteiger charge is -2.08. The molecule has 0 aliphatic heterocycles. The topological polar surface area (TPSA) is 82.0 Å². The van der Waals surface area contributed by atoms with E-state index >= 15 is 0 Å². The van der Waals surface area contributed by atoms with Crippen LogP contribution in [0.5, 0.6) is 0 Å². The van der Waals surface area contributed by atoms with E-state index in [4.69, 9.17) is 5.26 Å². The SMILES string of the molecule is CC(C)NC(=O)C(=O)Nc1ccc(SC#N)cc1. The Balaban J connectivity index is 2.60. The number of amides is 2. The number of nitrogens with one attached hydrogen (secondary N) is 2. The molecule has 18 heavy (non-hydrogen) atoms. The third kappa shape index (κ3) is 4.47. The van der Waals surface area contributed by atoms with Crippen molar-refractivity contribution in [1.29, 1.82) is 5.26 Å². The van der Waals surface area contributed by atoms with Crippen molar-refractivity contribution in [3.8, 4) is 5.40 Å². The molecule has 1 aromatic carbocycles. The number of carbonyl (C=O) groups is 2. The fraction of sp³-hybridized carbons (Fsp3) is 0.250. The van der Waals surface area contributed by atoms with Crippen LogP contribution >= 0.6 is 11.8 Å². The molecule has 5 nitrogen and oxygen atoms in total. The van der Waals surface area contributed by atoms with Gasteiger partial charge >= 0.3 is 11.8 Å². The average Bonchev–Trinajstić information content (AvgIpc) is 2.31. The summed E-state index contributed by atoms with van der Waals surface area (Å²) in [4.78, 5) is 23.6. The van der Waals surface area contributed by atoms with E-state index in [1.54, 1.807) is 38.1 Å². The van der Waals surface area contributed by atoms with Gasteiger partial charge in [0.05, 0.1) is 0 Å². The van der Waals surface area contributed by atoms with Crippen molar-refractivity contribution >= 4 is 29.3 Å². The maximum atomic E-state index is 11.5. The zero-order valence-corrected chi connectivity index (χ0v) is 10.9. The van der Waals surface area contributed by atoms with E-state index in [-0.39, 0.29) is 6.04 Å². The van der Waals surface area contributed by atoms with Gasteiger partial charge in [0.1, 0.15) is 5.40 Å². The minimum absolute atomic E-state index is 0.0855. The first-order valence-corrected chi connectivity index (χ1v) is 6.12. The normalized spacial score (nSPS) is 9.67. The molecule has 0 aliphatic rings. The number of hydrogen-bond acceptors (Lipinski definition) is 4. The quantitative estimate of drug-likeness (QED) is 0.494. The van der Waals surface area contributed by atoms with Crippen molar-refractivity contribution in [2.75, 3.05) is 5.32 Å². The predicted molar refractivity (Wildman–Crippen MR) is 69.8 cm³/mol. The second-order valence-corrected chi connectivity index (χ2v) is 4.66. The summed E-state index contributed by atoms with van der Waals surface area (Å²) >= 11 is 1.03. The number of benzene rings is 1. The molecule has 0 unspecified atom stereocenters. The standard InChI is InChI=1S/C12H13N3O2S/c1-8(2)14-11(16)12(17)15-9-3-5-10(6-4-9)18-7-13/h3-6,8H,1-2H3,(H,14,16)(H,15,17). The third-order valence-corrected chi connectivity index (χ3v) is 2.50. The second-order valence-electron chi connectivity index (χ2n) is 3.80. The predicted octanol–water partition coefficient (Wildman–Crippen LogP) is 1.72. The molecule has 94 valence electrons. The van der Waals surface area contributed by atoms with Gasteiger partial charge in [-0.25, -0.2) is 0 Å². The highest BCUT2D eigenvalue weighted by Crippen LogP contribution is 2.18. The van der Waals surface area contributed by atoms with Crippen molar-refractivity contribution in [3.63, 3.8) is 0 Å². The third-order valence-electron chi connectivity index (χ3n) is 1.90. The van der Waals surface area contributed by atoms with Gasteiger partial charge in [0.15, 0.2) is 0 Å². The second kappa shape index (κ2) is 6.67. The van der Waals surface area contributed by atoms with E-state index in [1.165, 1.54) is 0 Å². The van der Waals surface area contributed by atoms with Gasteiger partial charge in [0.2, 0.25) is 0 Å². The minimum Gasteiger partial charge on any atom is -0.346 e. The van der Waals surface area contributed by atoms with Crippen LogP contribution < -0.4 is 10.6 Å². The lowest BCUT2D eigenvalue weighted by atomic mass is 10.3. The summed E-state index contributed by atoms with van der Waals surface area (Å²) in [7, 11) is 0. The lowest BCUT2D eigenvalue weighted by molar-refractivity contribution is -0.136. The monoisotopic (exact) mass is 263 g/mol. The Labute approximate surface area is 110 Å². The molecule has 0 saturated heterocycles. The molecule has 0 spiro atoms. The summed E-state index contributed by atoms with van der Waals surface area (Å²) in [5.74, 6) is -1.37. The molecule has 1 aromatic rings. The number of carbonyl (C=O) groups excluding carboxylic acids is 2. The van der Waals surface area contributed by atoms with Crippen molar-refractivity contribution < 1.29 is 9.59 Å². The van der Waals surface area contributed by atoms with E-state index in [9.17, 15) is 9.59 Å². The van der Waals surface area contributed by atoms with E-state index in [0.29, 0.717) is 5.69 Å². The summed E-state index contributed by atoms with van der Waals surface area (Å²) in [6.45, 7) is 3.55. The molecular weight excluding hydrogens is 250 g/mol. The molecule has 0 atom stereocenters. The van der Waals surface area contributed by atoms with Gasteiger partial charge in [-0.05, 0) is 49.9 Å². The zero-order valence-electron chi connectivity index (χ0n) is 10.1. The highest BCUT2D eigenvalue weighted by atomic mass is 32.2. The van der Waals surface area contributed by atoms with Crippen LogP contribution in [0.2, 0.25) is 0 Å². The van der Waals surface area contributed by atoms with E-state index in [1.807, 2.05) is 5.40 Å². The summed E-state index contributed by atoms with van der Waals surface area (Å²) in [6, 6.07) is 6.59. The molecule has 0 radical (unpaired) electrons. The summed E-state index contributed by atoms with van der Waals surface area (Å²) in [5.41, 5.74) is 0.515. The van der Waals surface area contributed by atoms with E-state index in [0.717, 1.165) is 16.7 Å². The Kier molecular flexibility index (Phi) is 5.21. The van der Waals surface area contributed by atoms with Gasteiger partial charge in [-0.3, -0.25) is 9.59 Å². The first kappa shape index (κ1) is 14.1. The molecule has 6 heteroatoms. The molecule has 0 fully saturated rings. The Bertz CT molecular complexity index is 477. The van der Waals surface area contributed by atoms with Crippen LogP contribution in [0.25, 0.3) is 0 Å². The van der Waals surface area contributed by atoms with Crippen LogP contribution in [0, 0.1) is 10.7 Å². The molecular formula is C12H13N3O2S. The number of nitrogens with zero attached hydrogens (tertiary/aromatic N) is 1. The molecule has 0 heterocycles. The molecule has 2 amide bonds. The summed E-state index contributed by atoms with van der Waals surface area (Å²) in [5, 5.41) is 15.4. The van der Waals surface area contributed by atoms with Crippen LogP contribution in [0.15, 0.2) is 29.2 Å². The Hall–Kier alpha value is -2.00. The number of nitriles is 1. The minimum atomic E-state index is -0.704. The van der Waals surface area contributed by atoms with Gasteiger partial charge in [-0.2, -0.15) is 5.26 Å². The van der Waals surface area contributed by atoms with Crippen LogP contribution in [-0.4, -0.2) is 17.9 Å². The Morgan fingerprint density at radius 1 is 1.22 bits per heavy atom. The number of thioether (sulfide) groups is 1. The number of hydrogen-bond donors (Lipinski definition) is 2. The van der Waals surface area contributed by atoms with E-state index in [2.05, 4.69) is 10.6 Å². The highest BCUT2D eigenvalue weighted by molar-refractivity contribution is 8.03. The fourth-order valence-electron chi connectivity index (χ4n) is 1.17. The van der Waals surface area contributed by atoms with Gasteiger partial charge in [-0.15, -0.1) is 0 Å². The molecule has 1 rings (SSSR count). The first-order valence-electron chi connectivity index (χ1n) is 5.30. The smallest absolute Gasteiger partial charge is 0.313 e. The molecule has 0 aliphatic carbocycles. The maximum absolute atomic E-state index is 11.5. The van der Waals surface area contributed by atoms with Gasteiger partial charge in [0.25, 0.3) is 0 Å². The largest absolute Gasteiger partial charge is 0.346 e. The molecule has 0 bridgehead atoms. The van der Waals surface area contributed by atoms with E-state index < -0.39 is 11.8 Å². The van der Waals surface area contributed by atoms with Gasteiger partial charge < -0.3 is 10.6 Å². The Morgan fingerprint density at radius 2 is 1.83 bits per heavy atom. The Morgan fingerprint density at radius 3 is 2.33 bits per heavy atom. The number of thiocyanates is 1. The average molecular weight is 263 g/mol. The van der Waals surface area contributed by atoms with Gasteiger partial charge in [0, 0.05) is 16.6 Å². The maximum Gasteiger partial charge on any atom is 0.313 e. The van der Waals surface area contributed by atoms with Crippen LogP contribution in [0.4, 0.5) is 5.69 Å². The van der Waals surface area contributed by atoms with Gasteiger partial charge in [-0.1, -0.05) is 0 Å². The van der Waals surface area contributed by atoms with Crippen LogP contribution in [0.3, 0.4) is 0 Å². The summed E-state index contributed by atoms with van der Waals surface area (Å²) in [6.07, 6.45) is 0. The number of rotatable bonds is 3. The van der Waals surface area contributed by atoms with Crippen molar-refractivity contribution in [2.24, 2.45) is 0 Å². The first-order chi connectivity index (χ1) is 8.52. The molecule has 0 aromatic heterocycles. The van der Waals surface area contributed by atoms with Crippen molar-refractivity contribution in [2.45, 2.75) is 24.8 Å². The van der Waals surface area contributed by atoms with Crippen molar-refractivity contribution in [3.05, 3.63) is 24.3 Å². The van der Waals surface area contributed by atoms with Crippen LogP contribution in [-0.2, 0) is 9.59 Å². The molecule has 0 saturated carbocycles. The lowest BCUT2D eigenvalue weighted by Crippen LogP contribution is -2.39. The van der Waals surface area contributed by atoms with Crippen LogP contribution in [0.1, 0.15) is 13.8 Å². The fourth-order valence-corrected chi connectivity index (χ4v) is 1.55. The summed E-state index contributed by atoms with van der Waals surface area (Å²) < 4.78 is 0. The highest BCUT2D eigenvalue weighted by Gasteiger charge is 2.14. The van der Waals surface area contributed by atoms with Crippen molar-refractivity contribution in [1.82, 2.24) is 5.32 Å². The molecule has 2 N–H and O–H groups in total.